The number of aryl methyl sites for hydroxylation is 1. The summed E-state index contributed by atoms with van der Waals surface area (Å²) >= 11 is 9.68. The maximum Gasteiger partial charge on any atom is 0.171 e. The fourth-order valence-electron chi connectivity index (χ4n) is 1.27. The van der Waals surface area contributed by atoms with Crippen molar-refractivity contribution in [3.05, 3.63) is 25.7 Å². The summed E-state index contributed by atoms with van der Waals surface area (Å²) < 4.78 is 1.05. The van der Waals surface area contributed by atoms with E-state index >= 15 is 0 Å². The molecule has 0 radical (unpaired) electrons. The zero-order valence-corrected chi connectivity index (χ0v) is 12.4. The van der Waals surface area contributed by atoms with E-state index in [0.29, 0.717) is 0 Å². The number of aromatic nitrogens is 2. The van der Waals surface area contributed by atoms with Gasteiger partial charge in [-0.3, -0.25) is 0 Å². The highest BCUT2D eigenvalue weighted by Crippen LogP contribution is 2.29. The molecule has 0 saturated carbocycles. The molecule has 6 heteroatoms. The number of hydrogen-bond acceptors (Lipinski definition) is 4. The lowest BCUT2D eigenvalue weighted by atomic mass is 10.3. The van der Waals surface area contributed by atoms with Crippen molar-refractivity contribution in [1.29, 1.82) is 0 Å². The minimum absolute atomic E-state index is 0.721. The number of nitrogens with one attached hydrogen (secondary N) is 1. The monoisotopic (exact) mass is 365 g/mol. The van der Waals surface area contributed by atoms with Gasteiger partial charge in [0.05, 0.1) is 19.2 Å². The molecule has 0 saturated heterocycles. The molecule has 0 aliphatic carbocycles. The van der Waals surface area contributed by atoms with Gasteiger partial charge < -0.3 is 5.32 Å². The maximum atomic E-state index is 5.89. The highest BCUT2D eigenvalue weighted by Gasteiger charge is 2.11. The lowest BCUT2D eigenvalue weighted by Crippen LogP contribution is -2.02. The van der Waals surface area contributed by atoms with Crippen LogP contribution in [-0.2, 0) is 0 Å². The Balaban J connectivity index is 2.54. The minimum Gasteiger partial charge on any atom is -0.372 e. The highest BCUT2D eigenvalue weighted by molar-refractivity contribution is 14.1. The van der Waals surface area contributed by atoms with Crippen LogP contribution < -0.4 is 5.32 Å². The molecule has 0 fully saturated rings. The van der Waals surface area contributed by atoms with Crippen molar-refractivity contribution in [1.82, 2.24) is 9.97 Å². The molecule has 0 bridgehead atoms. The summed E-state index contributed by atoms with van der Waals surface area (Å²) in [6.45, 7) is 1.98. The van der Waals surface area contributed by atoms with Crippen LogP contribution in [0, 0.1) is 10.5 Å². The molecule has 0 spiro atoms. The Kier molecular flexibility index (Phi) is 3.66. The SMILES string of the molecule is CNc1nc(-c2cc(Cl)cs2)nc(C)c1I. The lowest BCUT2D eigenvalue weighted by molar-refractivity contribution is 1.09. The lowest BCUT2D eigenvalue weighted by Gasteiger charge is -2.07. The van der Waals surface area contributed by atoms with Crippen molar-refractivity contribution in [2.24, 2.45) is 0 Å². The average molecular weight is 366 g/mol. The predicted molar refractivity (Wildman–Crippen MR) is 77.4 cm³/mol. The van der Waals surface area contributed by atoms with Crippen molar-refractivity contribution in [3.8, 4) is 10.7 Å². The van der Waals surface area contributed by atoms with Crippen molar-refractivity contribution >= 4 is 51.3 Å². The van der Waals surface area contributed by atoms with E-state index in [1.807, 2.05) is 25.4 Å². The molecule has 0 aliphatic rings. The van der Waals surface area contributed by atoms with Crippen molar-refractivity contribution in [3.63, 3.8) is 0 Å². The third kappa shape index (κ3) is 2.31. The maximum absolute atomic E-state index is 5.89. The fraction of sp³-hybridized carbons (Fsp3) is 0.200. The van der Waals surface area contributed by atoms with Gasteiger partial charge in [0.15, 0.2) is 5.82 Å². The van der Waals surface area contributed by atoms with Crippen LogP contribution in [-0.4, -0.2) is 17.0 Å². The van der Waals surface area contributed by atoms with Crippen molar-refractivity contribution in [2.75, 3.05) is 12.4 Å². The molecule has 2 rings (SSSR count). The number of hydrogen-bond donors (Lipinski definition) is 1. The average Bonchev–Trinajstić information content (AvgIpc) is 2.69. The third-order valence-electron chi connectivity index (χ3n) is 2.04. The predicted octanol–water partition coefficient (Wildman–Crippen LogP) is 3.81. The van der Waals surface area contributed by atoms with Gasteiger partial charge in [-0.05, 0) is 35.6 Å². The molecule has 0 amide bonds. The summed E-state index contributed by atoms with van der Waals surface area (Å²) in [5.74, 6) is 1.58. The molecule has 1 N–H and O–H groups in total. The normalized spacial score (nSPS) is 10.5. The molecule has 0 aromatic carbocycles. The summed E-state index contributed by atoms with van der Waals surface area (Å²) in [4.78, 5) is 9.90. The summed E-state index contributed by atoms with van der Waals surface area (Å²) in [5, 5.41) is 5.68. The Morgan fingerprint density at radius 3 is 2.75 bits per heavy atom. The zero-order valence-electron chi connectivity index (χ0n) is 8.71. The van der Waals surface area contributed by atoms with Gasteiger partial charge in [-0.1, -0.05) is 11.6 Å². The molecule has 2 heterocycles. The van der Waals surface area contributed by atoms with E-state index in [0.717, 1.165) is 30.8 Å². The highest BCUT2D eigenvalue weighted by atomic mass is 127. The van der Waals surface area contributed by atoms with Crippen LogP contribution in [0.25, 0.3) is 10.7 Å². The summed E-state index contributed by atoms with van der Waals surface area (Å²) in [6.07, 6.45) is 0. The van der Waals surface area contributed by atoms with E-state index < -0.39 is 0 Å². The molecular weight excluding hydrogens is 357 g/mol. The first-order valence-corrected chi connectivity index (χ1v) is 6.91. The largest absolute Gasteiger partial charge is 0.372 e. The van der Waals surface area contributed by atoms with Gasteiger partial charge in [-0.15, -0.1) is 11.3 Å². The fourth-order valence-corrected chi connectivity index (χ4v) is 2.78. The van der Waals surface area contributed by atoms with Gasteiger partial charge in [0.2, 0.25) is 0 Å². The summed E-state index contributed by atoms with van der Waals surface area (Å²) in [7, 11) is 1.86. The molecule has 84 valence electrons. The molecular formula is C10H9ClIN3S. The standard InChI is InChI=1S/C10H9ClIN3S/c1-5-8(12)10(13-2)15-9(14-5)7-3-6(11)4-16-7/h3-4H,1-2H3,(H,13,14,15). The van der Waals surface area contributed by atoms with E-state index in [2.05, 4.69) is 37.9 Å². The van der Waals surface area contributed by atoms with Crippen LogP contribution >= 0.6 is 45.5 Å². The Bertz CT molecular complexity index is 527. The smallest absolute Gasteiger partial charge is 0.171 e. The summed E-state index contributed by atoms with van der Waals surface area (Å²) in [6, 6.07) is 1.88. The molecule has 0 unspecified atom stereocenters. The molecule has 0 aliphatic heterocycles. The van der Waals surface area contributed by atoms with Crippen LogP contribution in [0.5, 0.6) is 0 Å². The van der Waals surface area contributed by atoms with Gasteiger partial charge in [0, 0.05) is 12.4 Å². The van der Waals surface area contributed by atoms with Gasteiger partial charge in [-0.2, -0.15) is 0 Å². The Hall–Kier alpha value is -0.400. The van der Waals surface area contributed by atoms with E-state index in [4.69, 9.17) is 11.6 Å². The molecule has 16 heavy (non-hydrogen) atoms. The quantitative estimate of drug-likeness (QED) is 0.822. The second-order valence-electron chi connectivity index (χ2n) is 3.17. The minimum atomic E-state index is 0.721. The van der Waals surface area contributed by atoms with E-state index in [-0.39, 0.29) is 0 Å². The third-order valence-corrected chi connectivity index (χ3v) is 4.61. The molecule has 2 aromatic rings. The van der Waals surface area contributed by atoms with Crippen LogP contribution in [0.1, 0.15) is 5.69 Å². The molecule has 0 atom stereocenters. The van der Waals surface area contributed by atoms with Crippen LogP contribution in [0.3, 0.4) is 0 Å². The first-order chi connectivity index (χ1) is 7.61. The van der Waals surface area contributed by atoms with Gasteiger partial charge in [-0.25, -0.2) is 9.97 Å². The van der Waals surface area contributed by atoms with Crippen molar-refractivity contribution < 1.29 is 0 Å². The number of thiophene rings is 1. The summed E-state index contributed by atoms with van der Waals surface area (Å²) in [5.41, 5.74) is 0.972. The van der Waals surface area contributed by atoms with Crippen molar-refractivity contribution in [2.45, 2.75) is 6.92 Å². The van der Waals surface area contributed by atoms with Crippen LogP contribution in [0.4, 0.5) is 5.82 Å². The molecule has 2 aromatic heterocycles. The second-order valence-corrected chi connectivity index (χ2v) is 5.60. The molecule has 3 nitrogen and oxygen atoms in total. The van der Waals surface area contributed by atoms with Gasteiger partial charge in [0.1, 0.15) is 5.82 Å². The first-order valence-electron chi connectivity index (χ1n) is 4.58. The second kappa shape index (κ2) is 4.85. The number of nitrogens with zero attached hydrogens (tertiary/aromatic N) is 2. The van der Waals surface area contributed by atoms with E-state index in [1.54, 1.807) is 11.3 Å². The van der Waals surface area contributed by atoms with E-state index in [9.17, 15) is 0 Å². The topological polar surface area (TPSA) is 37.8 Å². The van der Waals surface area contributed by atoms with Crippen LogP contribution in [0.15, 0.2) is 11.4 Å². The van der Waals surface area contributed by atoms with Crippen LogP contribution in [0.2, 0.25) is 5.02 Å². The number of rotatable bonds is 2. The Morgan fingerprint density at radius 2 is 2.19 bits per heavy atom. The Labute approximate surface area is 116 Å². The Morgan fingerprint density at radius 1 is 1.44 bits per heavy atom. The van der Waals surface area contributed by atoms with Gasteiger partial charge in [0.25, 0.3) is 0 Å². The van der Waals surface area contributed by atoms with E-state index in [1.165, 1.54) is 0 Å². The van der Waals surface area contributed by atoms with Gasteiger partial charge >= 0.3 is 0 Å². The first kappa shape index (κ1) is 12.1. The zero-order chi connectivity index (χ0) is 11.7. The number of halogens is 2. The number of anilines is 1.